The third kappa shape index (κ3) is 6.25. The number of benzene rings is 6. The fourth-order valence-electron chi connectivity index (χ4n) is 10.3. The molecule has 2 atom stereocenters. The molecule has 280 valence electrons. The first-order chi connectivity index (χ1) is 28.5. The van der Waals surface area contributed by atoms with Crippen LogP contribution in [-0.4, -0.2) is 6.71 Å². The van der Waals surface area contributed by atoms with Crippen molar-refractivity contribution in [3.8, 4) is 0 Å². The van der Waals surface area contributed by atoms with E-state index in [1.54, 1.807) is 0 Å². The fraction of sp³-hybridized carbons (Fsp3) is 0.158. The highest BCUT2D eigenvalue weighted by Gasteiger charge is 2.36. The van der Waals surface area contributed by atoms with Crippen LogP contribution < -0.4 is 10.9 Å². The third-order valence-corrected chi connectivity index (χ3v) is 13.3. The molecule has 2 unspecified atom stereocenters. The van der Waals surface area contributed by atoms with Crippen molar-refractivity contribution in [2.24, 2.45) is 11.8 Å². The molecule has 4 aliphatic carbocycles. The zero-order valence-electron chi connectivity index (χ0n) is 34.1. The maximum Gasteiger partial charge on any atom is 0.243 e. The summed E-state index contributed by atoms with van der Waals surface area (Å²) in [5.74, 6) is 0.517. The van der Waals surface area contributed by atoms with Crippen molar-refractivity contribution in [3.63, 3.8) is 0 Å². The van der Waals surface area contributed by atoms with Crippen LogP contribution in [0.15, 0.2) is 192 Å². The Kier molecular flexibility index (Phi) is 9.34. The van der Waals surface area contributed by atoms with E-state index in [-0.39, 0.29) is 12.6 Å². The maximum absolute atomic E-state index is 2.60. The summed E-state index contributed by atoms with van der Waals surface area (Å²) in [6, 6.07) is 43.9. The van der Waals surface area contributed by atoms with Gasteiger partial charge in [0.25, 0.3) is 0 Å². The van der Waals surface area contributed by atoms with Gasteiger partial charge < -0.3 is 0 Å². The van der Waals surface area contributed by atoms with Gasteiger partial charge in [0.05, 0.1) is 0 Å². The molecule has 0 fully saturated rings. The van der Waals surface area contributed by atoms with Crippen LogP contribution in [0.5, 0.6) is 0 Å². The fourth-order valence-corrected chi connectivity index (χ4v) is 10.3. The molecule has 0 saturated heterocycles. The Morgan fingerprint density at radius 3 is 2.21 bits per heavy atom. The summed E-state index contributed by atoms with van der Waals surface area (Å²) in [6.45, 7) is 9.28. The van der Waals surface area contributed by atoms with E-state index >= 15 is 0 Å². The molecule has 0 heterocycles. The summed E-state index contributed by atoms with van der Waals surface area (Å²) >= 11 is 0. The molecule has 0 nitrogen and oxygen atoms in total. The minimum atomic E-state index is 0.0639. The van der Waals surface area contributed by atoms with Crippen LogP contribution in [0.2, 0.25) is 0 Å². The summed E-state index contributed by atoms with van der Waals surface area (Å²) < 4.78 is 0. The van der Waals surface area contributed by atoms with Crippen molar-refractivity contribution in [2.45, 2.75) is 47.0 Å². The van der Waals surface area contributed by atoms with Crippen molar-refractivity contribution >= 4 is 56.4 Å². The average Bonchev–Trinajstić information content (AvgIpc) is 3.38. The number of hydrogen-bond acceptors (Lipinski definition) is 0. The third-order valence-electron chi connectivity index (χ3n) is 13.3. The number of aryl methyl sites for hydroxylation is 2. The van der Waals surface area contributed by atoms with E-state index in [0.717, 1.165) is 19.3 Å². The Bertz CT molecular complexity index is 2910. The first-order valence-corrected chi connectivity index (χ1v) is 21.2. The van der Waals surface area contributed by atoms with E-state index < -0.39 is 0 Å². The predicted molar refractivity (Wildman–Crippen MR) is 252 cm³/mol. The predicted octanol–water partition coefficient (Wildman–Crippen LogP) is 13.3. The van der Waals surface area contributed by atoms with Gasteiger partial charge in [-0.05, 0) is 131 Å². The lowest BCUT2D eigenvalue weighted by Crippen LogP contribution is -2.49. The van der Waals surface area contributed by atoms with Crippen molar-refractivity contribution in [2.75, 3.05) is 0 Å². The van der Waals surface area contributed by atoms with Crippen molar-refractivity contribution in [1.82, 2.24) is 0 Å². The lowest BCUT2D eigenvalue weighted by Gasteiger charge is -2.33. The second-order valence-corrected chi connectivity index (χ2v) is 16.7. The van der Waals surface area contributed by atoms with Crippen LogP contribution in [-0.2, 0) is 6.42 Å². The zero-order valence-corrected chi connectivity index (χ0v) is 34.1. The molecule has 0 radical (unpaired) electrons. The van der Waals surface area contributed by atoms with E-state index in [9.17, 15) is 0 Å². The Balaban J connectivity index is 1.29. The van der Waals surface area contributed by atoms with Gasteiger partial charge in [0, 0.05) is 11.8 Å². The van der Waals surface area contributed by atoms with E-state index in [4.69, 9.17) is 0 Å². The smallest absolute Gasteiger partial charge is 0.0908 e. The van der Waals surface area contributed by atoms with Gasteiger partial charge in [0.15, 0.2) is 0 Å². The summed E-state index contributed by atoms with van der Waals surface area (Å²) in [5.41, 5.74) is 20.4. The van der Waals surface area contributed by atoms with E-state index in [1.807, 2.05) is 0 Å². The topological polar surface area (TPSA) is 0 Å². The zero-order chi connectivity index (χ0) is 39.3. The standard InChI is InChI=1S/C57H49B/c1-5-14-44-35-53(47-29-27-40-15-6-8-19-45(40)33-47)52-32-31-49(36-54(52)55(39(44)4)48-30-28-41-16-7-9-20-46(41)34-48)58(56-37(2)23-25-42-17-10-12-21-50(42)56)57-38(3)24-26-43-18-11-13-22-51(43)57/h5-10,12-17,19-24,26-36,42,44H,11,18,25H2,1-4H3/b14-5-. The molecule has 0 aromatic heterocycles. The van der Waals surface area contributed by atoms with Gasteiger partial charge in [-0.15, -0.1) is 0 Å². The first-order valence-electron chi connectivity index (χ1n) is 21.2. The Labute approximate surface area is 344 Å². The quantitative estimate of drug-likeness (QED) is 0.118. The van der Waals surface area contributed by atoms with Gasteiger partial charge in [0.1, 0.15) is 0 Å². The van der Waals surface area contributed by atoms with Crippen molar-refractivity contribution < 1.29 is 0 Å². The van der Waals surface area contributed by atoms with Gasteiger partial charge in [0.2, 0.25) is 6.71 Å². The molecule has 1 heteroatoms. The lowest BCUT2D eigenvalue weighted by molar-refractivity contribution is 0.767. The molecule has 0 amide bonds. The maximum atomic E-state index is 2.60. The van der Waals surface area contributed by atoms with Crippen molar-refractivity contribution in [1.29, 1.82) is 0 Å². The molecule has 0 saturated carbocycles. The van der Waals surface area contributed by atoms with E-state index in [2.05, 4.69) is 204 Å². The molecule has 4 aliphatic rings. The van der Waals surface area contributed by atoms with Gasteiger partial charge in [-0.2, -0.15) is 0 Å². The summed E-state index contributed by atoms with van der Waals surface area (Å²) in [4.78, 5) is 0. The van der Waals surface area contributed by atoms with Crippen LogP contribution >= 0.6 is 0 Å². The Hall–Kier alpha value is -6.18. The highest BCUT2D eigenvalue weighted by molar-refractivity contribution is 6.92. The molecule has 0 bridgehead atoms. The highest BCUT2D eigenvalue weighted by Crippen LogP contribution is 2.43. The molecule has 6 aromatic carbocycles. The van der Waals surface area contributed by atoms with E-state index in [1.165, 1.54) is 105 Å². The second-order valence-electron chi connectivity index (χ2n) is 16.7. The molecule has 0 N–H and O–H groups in total. The average molecular weight is 745 g/mol. The number of fused-ring (bicyclic) bond motifs is 5. The lowest BCUT2D eigenvalue weighted by atomic mass is 9.32. The van der Waals surface area contributed by atoms with Gasteiger partial charge in [-0.25, -0.2) is 0 Å². The Morgan fingerprint density at radius 2 is 1.43 bits per heavy atom. The van der Waals surface area contributed by atoms with Gasteiger partial charge in [-0.1, -0.05) is 197 Å². The molecule has 10 rings (SSSR count). The van der Waals surface area contributed by atoms with Crippen LogP contribution in [0.4, 0.5) is 0 Å². The minimum absolute atomic E-state index is 0.0639. The van der Waals surface area contributed by atoms with E-state index in [0.29, 0.717) is 5.92 Å². The van der Waals surface area contributed by atoms with Crippen LogP contribution in [0, 0.1) is 18.8 Å². The molecule has 6 aromatic rings. The molecule has 0 aliphatic heterocycles. The monoisotopic (exact) mass is 744 g/mol. The molecule has 58 heavy (non-hydrogen) atoms. The van der Waals surface area contributed by atoms with Crippen LogP contribution in [0.1, 0.15) is 72.6 Å². The summed E-state index contributed by atoms with van der Waals surface area (Å²) in [5, 5.41) is 5.06. The first kappa shape index (κ1) is 36.2. The van der Waals surface area contributed by atoms with Gasteiger partial charge in [-0.3, -0.25) is 0 Å². The number of allylic oxidation sites excluding steroid dienone is 13. The SMILES string of the molecule is C/C=C\C1C=C(c2ccc3ccccc3c2)c2ccc(B(C3=C4C=CC=CC4CC=C3C)c3c(C)ccc4c3C=CCC4)cc2C(c2ccc3ccccc3c2)=C1C. The van der Waals surface area contributed by atoms with Gasteiger partial charge >= 0.3 is 0 Å². The number of hydrogen-bond donors (Lipinski definition) is 0. The van der Waals surface area contributed by atoms with Crippen LogP contribution in [0.3, 0.4) is 0 Å². The summed E-state index contributed by atoms with van der Waals surface area (Å²) in [6.07, 6.45) is 27.0. The molecule has 0 spiro atoms. The second kappa shape index (κ2) is 15.0. The largest absolute Gasteiger partial charge is 0.243 e. The molecular formula is C57H49B. The highest BCUT2D eigenvalue weighted by atomic mass is 14.3. The van der Waals surface area contributed by atoms with Crippen molar-refractivity contribution in [3.05, 3.63) is 231 Å². The Morgan fingerprint density at radius 1 is 0.690 bits per heavy atom. The van der Waals surface area contributed by atoms with Crippen LogP contribution in [0.25, 0.3) is 38.8 Å². The number of rotatable bonds is 6. The normalized spacial score (nSPS) is 18.6. The minimum Gasteiger partial charge on any atom is -0.0908 e. The summed E-state index contributed by atoms with van der Waals surface area (Å²) in [7, 11) is 0. The molecular weight excluding hydrogens is 695 g/mol.